The summed E-state index contributed by atoms with van der Waals surface area (Å²) in [5, 5.41) is 0. The summed E-state index contributed by atoms with van der Waals surface area (Å²) >= 11 is 0. The summed E-state index contributed by atoms with van der Waals surface area (Å²) in [5.74, 6) is 1.83. The number of allylic oxidation sites excluding steroid dienone is 2. The number of Topliss-reactive ketones (excluding diaryl/α,β-unsaturated/α-hetero) is 1. The van der Waals surface area contributed by atoms with Crippen LogP contribution >= 0.6 is 0 Å². The van der Waals surface area contributed by atoms with Gasteiger partial charge in [-0.1, -0.05) is 0 Å². The zero-order valence-electron chi connectivity index (χ0n) is 11.6. The first kappa shape index (κ1) is 11.8. The van der Waals surface area contributed by atoms with Crippen molar-refractivity contribution in [2.45, 2.75) is 25.7 Å². The second-order valence-electron chi connectivity index (χ2n) is 5.63. The Morgan fingerprint density at radius 1 is 1.10 bits per heavy atom. The number of fused-ring (bicyclic) bond motifs is 3. The zero-order valence-corrected chi connectivity index (χ0v) is 11.6. The third kappa shape index (κ3) is 1.64. The van der Waals surface area contributed by atoms with Gasteiger partial charge in [0.25, 0.3) is 0 Å². The van der Waals surface area contributed by atoms with Crippen LogP contribution in [0.3, 0.4) is 0 Å². The smallest absolute Gasteiger partial charge is 0.231 e. The molecule has 4 nitrogen and oxygen atoms in total. The lowest BCUT2D eigenvalue weighted by Gasteiger charge is -2.26. The van der Waals surface area contributed by atoms with Gasteiger partial charge in [-0.3, -0.25) is 4.79 Å². The maximum atomic E-state index is 12.4. The average Bonchev–Trinajstić information content (AvgIpc) is 2.85. The molecule has 104 valence electrons. The van der Waals surface area contributed by atoms with Crippen molar-refractivity contribution in [2.75, 3.05) is 20.4 Å². The van der Waals surface area contributed by atoms with E-state index in [1.807, 2.05) is 12.1 Å². The highest BCUT2D eigenvalue weighted by Gasteiger charge is 2.30. The quantitative estimate of drug-likeness (QED) is 0.726. The molecule has 4 rings (SSSR count). The van der Waals surface area contributed by atoms with E-state index in [4.69, 9.17) is 9.47 Å². The van der Waals surface area contributed by atoms with Crippen molar-refractivity contribution in [3.63, 3.8) is 0 Å². The molecule has 4 heteroatoms. The number of rotatable bonds is 0. The van der Waals surface area contributed by atoms with Crippen LogP contribution in [0.1, 0.15) is 30.4 Å². The molecule has 1 aromatic carbocycles. The van der Waals surface area contributed by atoms with E-state index in [-0.39, 0.29) is 12.6 Å². The van der Waals surface area contributed by atoms with Gasteiger partial charge in [-0.15, -0.1) is 0 Å². The Morgan fingerprint density at radius 2 is 1.90 bits per heavy atom. The number of hydrogen-bond acceptors (Lipinski definition) is 4. The molecule has 3 aliphatic rings. The van der Waals surface area contributed by atoms with Crippen LogP contribution in [-0.2, 0) is 11.2 Å². The summed E-state index contributed by atoms with van der Waals surface area (Å²) in [7, 11) is 2.08. The van der Waals surface area contributed by atoms with Crippen LogP contribution in [-0.4, -0.2) is 31.1 Å². The second-order valence-corrected chi connectivity index (χ2v) is 5.63. The van der Waals surface area contributed by atoms with Crippen LogP contribution in [0.5, 0.6) is 11.5 Å². The minimum absolute atomic E-state index is 0.264. The Hall–Kier alpha value is -1.97. The molecule has 0 spiro atoms. The Kier molecular flexibility index (Phi) is 2.52. The minimum atomic E-state index is 0.264. The third-order valence-corrected chi connectivity index (χ3v) is 4.43. The van der Waals surface area contributed by atoms with Gasteiger partial charge in [0.2, 0.25) is 6.79 Å². The molecule has 0 amide bonds. The maximum Gasteiger partial charge on any atom is 0.231 e. The van der Waals surface area contributed by atoms with Gasteiger partial charge < -0.3 is 14.4 Å². The summed E-state index contributed by atoms with van der Waals surface area (Å²) in [6.07, 6.45) is 3.54. The van der Waals surface area contributed by atoms with E-state index in [0.717, 1.165) is 48.4 Å². The first-order valence-corrected chi connectivity index (χ1v) is 7.14. The number of ether oxygens (including phenoxy) is 2. The van der Waals surface area contributed by atoms with Crippen LogP contribution in [0.15, 0.2) is 17.8 Å². The fourth-order valence-electron chi connectivity index (χ4n) is 3.36. The lowest BCUT2D eigenvalue weighted by atomic mass is 9.87. The molecule has 0 fully saturated rings. The largest absolute Gasteiger partial charge is 0.454 e. The molecule has 20 heavy (non-hydrogen) atoms. The van der Waals surface area contributed by atoms with Crippen molar-refractivity contribution < 1.29 is 14.3 Å². The van der Waals surface area contributed by atoms with Gasteiger partial charge in [-0.05, 0) is 42.5 Å². The van der Waals surface area contributed by atoms with E-state index in [1.165, 1.54) is 11.3 Å². The Morgan fingerprint density at radius 3 is 2.75 bits per heavy atom. The number of carbonyl (C=O) groups is 1. The number of carbonyl (C=O) groups excluding carboxylic acids is 1. The van der Waals surface area contributed by atoms with Crippen molar-refractivity contribution >= 4 is 11.4 Å². The van der Waals surface area contributed by atoms with Gasteiger partial charge in [0.1, 0.15) is 0 Å². The Labute approximate surface area is 118 Å². The van der Waals surface area contributed by atoms with E-state index in [1.54, 1.807) is 0 Å². The second kappa shape index (κ2) is 4.27. The number of hydrogen-bond donors (Lipinski definition) is 0. The standard InChI is InChI=1S/C16H17NO3/c1-17-6-5-10-7-14-15(20-9-19-14)8-11(10)16-12(17)3-2-4-13(16)18/h7-8H,2-6,9H2,1H3. The summed E-state index contributed by atoms with van der Waals surface area (Å²) in [6, 6.07) is 4.04. The van der Waals surface area contributed by atoms with Gasteiger partial charge >= 0.3 is 0 Å². The monoisotopic (exact) mass is 271 g/mol. The van der Waals surface area contributed by atoms with E-state index in [9.17, 15) is 4.79 Å². The van der Waals surface area contributed by atoms with Gasteiger partial charge in [0.05, 0.1) is 0 Å². The van der Waals surface area contributed by atoms with E-state index < -0.39 is 0 Å². The molecule has 0 unspecified atom stereocenters. The lowest BCUT2D eigenvalue weighted by Crippen LogP contribution is -2.23. The van der Waals surface area contributed by atoms with Gasteiger partial charge in [0, 0.05) is 31.3 Å². The lowest BCUT2D eigenvalue weighted by molar-refractivity contribution is -0.114. The molecule has 0 saturated heterocycles. The predicted molar refractivity (Wildman–Crippen MR) is 74.7 cm³/mol. The molecule has 0 bridgehead atoms. The summed E-state index contributed by atoms with van der Waals surface area (Å²) < 4.78 is 10.9. The number of likely N-dealkylation sites (N-methyl/N-ethyl adjacent to an activating group) is 1. The zero-order chi connectivity index (χ0) is 13.7. The maximum absolute atomic E-state index is 12.4. The van der Waals surface area contributed by atoms with Crippen molar-refractivity contribution in [3.05, 3.63) is 29.0 Å². The van der Waals surface area contributed by atoms with Crippen molar-refractivity contribution in [3.8, 4) is 11.5 Å². The molecule has 0 radical (unpaired) electrons. The molecule has 0 atom stereocenters. The molecular weight excluding hydrogens is 254 g/mol. The summed E-state index contributed by atoms with van der Waals surface area (Å²) in [6.45, 7) is 1.22. The minimum Gasteiger partial charge on any atom is -0.454 e. The SMILES string of the molecule is CN1CCc2cc3c(cc2C2=C1CCCC2=O)OCO3. The molecule has 0 N–H and O–H groups in total. The van der Waals surface area contributed by atoms with E-state index in [2.05, 4.69) is 11.9 Å². The molecule has 2 aliphatic heterocycles. The molecule has 2 heterocycles. The third-order valence-electron chi connectivity index (χ3n) is 4.43. The number of benzene rings is 1. The molecule has 0 aromatic heterocycles. The van der Waals surface area contributed by atoms with Crippen LogP contribution in [0.4, 0.5) is 0 Å². The van der Waals surface area contributed by atoms with Gasteiger partial charge in [-0.2, -0.15) is 0 Å². The average molecular weight is 271 g/mol. The number of nitrogens with zero attached hydrogens (tertiary/aromatic N) is 1. The van der Waals surface area contributed by atoms with Gasteiger partial charge in [-0.25, -0.2) is 0 Å². The summed E-state index contributed by atoms with van der Waals surface area (Å²) in [4.78, 5) is 14.7. The van der Waals surface area contributed by atoms with E-state index in [0.29, 0.717) is 6.42 Å². The normalized spacial score (nSPS) is 20.6. The Balaban J connectivity index is 1.95. The molecule has 1 aromatic rings. The fourth-order valence-corrected chi connectivity index (χ4v) is 3.36. The highest BCUT2D eigenvalue weighted by molar-refractivity contribution is 6.22. The molecule has 0 saturated carbocycles. The molecular formula is C16H17NO3. The highest BCUT2D eigenvalue weighted by atomic mass is 16.7. The van der Waals surface area contributed by atoms with E-state index >= 15 is 0 Å². The first-order chi connectivity index (χ1) is 9.74. The summed E-state index contributed by atoms with van der Waals surface area (Å²) in [5.41, 5.74) is 4.35. The van der Waals surface area contributed by atoms with Crippen LogP contribution < -0.4 is 9.47 Å². The van der Waals surface area contributed by atoms with Crippen molar-refractivity contribution in [1.82, 2.24) is 4.90 Å². The molecule has 1 aliphatic carbocycles. The number of ketones is 1. The predicted octanol–water partition coefficient (Wildman–Crippen LogP) is 2.37. The van der Waals surface area contributed by atoms with Crippen molar-refractivity contribution in [1.29, 1.82) is 0 Å². The first-order valence-electron chi connectivity index (χ1n) is 7.14. The van der Waals surface area contributed by atoms with Crippen LogP contribution in [0.2, 0.25) is 0 Å². The van der Waals surface area contributed by atoms with Gasteiger partial charge in [0.15, 0.2) is 17.3 Å². The highest BCUT2D eigenvalue weighted by Crippen LogP contribution is 2.42. The van der Waals surface area contributed by atoms with Crippen LogP contribution in [0.25, 0.3) is 5.57 Å². The topological polar surface area (TPSA) is 38.8 Å². The fraction of sp³-hybridized carbons (Fsp3) is 0.438. The van der Waals surface area contributed by atoms with Crippen molar-refractivity contribution in [2.24, 2.45) is 0 Å². The van der Waals surface area contributed by atoms with Crippen LogP contribution in [0, 0.1) is 0 Å². The Bertz CT molecular complexity index is 633.